The van der Waals surface area contributed by atoms with E-state index in [1.165, 1.54) is 0 Å². The molecule has 2 fully saturated rings. The molecular formula is C20H30O4. The van der Waals surface area contributed by atoms with Gasteiger partial charge in [0.2, 0.25) is 0 Å². The van der Waals surface area contributed by atoms with Crippen LogP contribution in [0.25, 0.3) is 0 Å². The first kappa shape index (κ1) is 18.9. The second-order valence-electron chi connectivity index (χ2n) is 8.12. The Hall–Kier alpha value is -1.42. The maximum atomic E-state index is 12.5. The van der Waals surface area contributed by atoms with Gasteiger partial charge in [0.15, 0.2) is 5.78 Å². The van der Waals surface area contributed by atoms with Gasteiger partial charge in [0, 0.05) is 17.9 Å². The zero-order valence-electron chi connectivity index (χ0n) is 15.7. The van der Waals surface area contributed by atoms with Crippen molar-refractivity contribution in [2.45, 2.75) is 78.9 Å². The summed E-state index contributed by atoms with van der Waals surface area (Å²) in [6.07, 6.45) is 3.56. The predicted octanol–water partition coefficient (Wildman–Crippen LogP) is 3.73. The largest absolute Gasteiger partial charge is 0.456 e. The second kappa shape index (κ2) is 6.47. The molecule has 1 N–H and O–H groups in total. The van der Waals surface area contributed by atoms with E-state index in [4.69, 9.17) is 4.74 Å². The number of ketones is 1. The molecule has 0 aromatic carbocycles. The van der Waals surface area contributed by atoms with E-state index in [1.807, 2.05) is 13.8 Å². The fraction of sp³-hybridized carbons (Fsp3) is 0.700. The van der Waals surface area contributed by atoms with Crippen molar-refractivity contribution in [1.29, 1.82) is 0 Å². The molecule has 2 aliphatic rings. The van der Waals surface area contributed by atoms with Gasteiger partial charge in [-0.3, -0.25) is 4.79 Å². The summed E-state index contributed by atoms with van der Waals surface area (Å²) in [4.78, 5) is 24.6. The number of Topliss-reactive ketones (excluding diaryl/α,β-unsaturated/α-hetero) is 1. The van der Waals surface area contributed by atoms with E-state index >= 15 is 0 Å². The van der Waals surface area contributed by atoms with Crippen LogP contribution in [0.1, 0.15) is 67.2 Å². The third kappa shape index (κ3) is 3.21. The minimum absolute atomic E-state index is 0.0925. The van der Waals surface area contributed by atoms with Gasteiger partial charge in [0.05, 0.1) is 0 Å². The number of ether oxygens (including phenoxy) is 1. The van der Waals surface area contributed by atoms with Gasteiger partial charge in [0.1, 0.15) is 11.7 Å². The van der Waals surface area contributed by atoms with Gasteiger partial charge >= 0.3 is 5.97 Å². The zero-order chi connectivity index (χ0) is 18.3. The average Bonchev–Trinajstić information content (AvgIpc) is 2.48. The van der Waals surface area contributed by atoms with Gasteiger partial charge in [-0.2, -0.15) is 0 Å². The molecule has 0 amide bonds. The predicted molar refractivity (Wildman–Crippen MR) is 93.4 cm³/mol. The fourth-order valence-corrected chi connectivity index (χ4v) is 4.31. The summed E-state index contributed by atoms with van der Waals surface area (Å²) in [6, 6.07) is 0. The van der Waals surface area contributed by atoms with Gasteiger partial charge in [-0.1, -0.05) is 18.6 Å². The van der Waals surface area contributed by atoms with Crippen LogP contribution in [0.15, 0.2) is 22.8 Å². The number of carbonyl (C=O) groups excluding carboxylic acids is 2. The number of aliphatic hydroxyl groups is 1. The number of allylic oxidation sites excluding steroid dienone is 3. The van der Waals surface area contributed by atoms with E-state index < -0.39 is 11.7 Å². The average molecular weight is 334 g/mol. The van der Waals surface area contributed by atoms with Crippen LogP contribution in [0.5, 0.6) is 0 Å². The standard InChI is InChI=1S/C20H30O4/c1-7-13(4)18(22)24-17-8-9-19(5)11-15(21)14(12(2)3)10-16(19)20(17,6)23/h7,16-17,23H,8-11H2,1-6H3. The first-order valence-electron chi connectivity index (χ1n) is 8.78. The quantitative estimate of drug-likeness (QED) is 0.617. The van der Waals surface area contributed by atoms with Crippen molar-refractivity contribution in [3.05, 3.63) is 22.8 Å². The van der Waals surface area contributed by atoms with Crippen molar-refractivity contribution in [1.82, 2.24) is 0 Å². The summed E-state index contributed by atoms with van der Waals surface area (Å²) in [7, 11) is 0. The first-order valence-corrected chi connectivity index (χ1v) is 8.78. The third-order valence-electron chi connectivity index (χ3n) is 6.09. The van der Waals surface area contributed by atoms with Crippen LogP contribution >= 0.6 is 0 Å². The zero-order valence-corrected chi connectivity index (χ0v) is 15.7. The summed E-state index contributed by atoms with van der Waals surface area (Å²) in [6.45, 7) is 11.2. The molecule has 4 heteroatoms. The highest BCUT2D eigenvalue weighted by atomic mass is 16.6. The molecule has 4 unspecified atom stereocenters. The Morgan fingerprint density at radius 1 is 1.29 bits per heavy atom. The number of hydrogen-bond donors (Lipinski definition) is 1. The summed E-state index contributed by atoms with van der Waals surface area (Å²) in [5, 5.41) is 11.3. The van der Waals surface area contributed by atoms with E-state index in [0.29, 0.717) is 24.8 Å². The van der Waals surface area contributed by atoms with Crippen LogP contribution in [0.3, 0.4) is 0 Å². The van der Waals surface area contributed by atoms with Crippen molar-refractivity contribution in [2.75, 3.05) is 0 Å². The lowest BCUT2D eigenvalue weighted by molar-refractivity contribution is -0.197. The summed E-state index contributed by atoms with van der Waals surface area (Å²) < 4.78 is 5.62. The maximum Gasteiger partial charge on any atom is 0.333 e. The monoisotopic (exact) mass is 334 g/mol. The van der Waals surface area contributed by atoms with Crippen molar-refractivity contribution >= 4 is 11.8 Å². The van der Waals surface area contributed by atoms with Crippen LogP contribution in [0, 0.1) is 11.3 Å². The summed E-state index contributed by atoms with van der Waals surface area (Å²) in [5.41, 5.74) is 1.01. The number of fused-ring (bicyclic) bond motifs is 1. The number of rotatable bonds is 2. The first-order chi connectivity index (χ1) is 11.0. The molecule has 0 aromatic rings. The number of esters is 1. The van der Waals surface area contributed by atoms with Crippen LogP contribution in [0.4, 0.5) is 0 Å². The van der Waals surface area contributed by atoms with Gasteiger partial charge in [-0.25, -0.2) is 4.79 Å². The van der Waals surface area contributed by atoms with Gasteiger partial charge in [-0.05, 0) is 64.9 Å². The SMILES string of the molecule is CC=C(C)C(=O)OC1CCC2(C)CC(=O)C(=C(C)C)CC2C1(C)O. The highest BCUT2D eigenvalue weighted by Gasteiger charge is 2.57. The van der Waals surface area contributed by atoms with Crippen LogP contribution in [0.2, 0.25) is 0 Å². The van der Waals surface area contributed by atoms with Crippen LogP contribution < -0.4 is 0 Å². The Kier molecular flexibility index (Phi) is 5.10. The Balaban J connectivity index is 2.31. The molecule has 0 aromatic heterocycles. The Morgan fingerprint density at radius 2 is 1.92 bits per heavy atom. The summed E-state index contributed by atoms with van der Waals surface area (Å²) in [5.74, 6) is -0.268. The van der Waals surface area contributed by atoms with E-state index in [0.717, 1.165) is 17.6 Å². The molecule has 134 valence electrons. The highest BCUT2D eigenvalue weighted by molar-refractivity contribution is 5.97. The van der Waals surface area contributed by atoms with E-state index in [2.05, 4.69) is 6.92 Å². The lowest BCUT2D eigenvalue weighted by Gasteiger charge is -2.55. The molecule has 2 saturated carbocycles. The molecule has 2 aliphatic carbocycles. The molecule has 2 rings (SSSR count). The van der Waals surface area contributed by atoms with Gasteiger partial charge in [0.25, 0.3) is 0 Å². The normalized spacial score (nSPS) is 37.0. The molecule has 24 heavy (non-hydrogen) atoms. The lowest BCUT2D eigenvalue weighted by atomic mass is 9.53. The second-order valence-corrected chi connectivity index (χ2v) is 8.12. The molecule has 0 bridgehead atoms. The molecule has 0 heterocycles. The molecule has 0 aliphatic heterocycles. The number of carbonyl (C=O) groups is 2. The smallest absolute Gasteiger partial charge is 0.333 e. The minimum Gasteiger partial charge on any atom is -0.456 e. The maximum absolute atomic E-state index is 12.5. The Morgan fingerprint density at radius 3 is 2.46 bits per heavy atom. The fourth-order valence-electron chi connectivity index (χ4n) is 4.31. The topological polar surface area (TPSA) is 63.6 Å². The van der Waals surface area contributed by atoms with E-state index in [-0.39, 0.29) is 23.1 Å². The third-order valence-corrected chi connectivity index (χ3v) is 6.09. The summed E-state index contributed by atoms with van der Waals surface area (Å²) >= 11 is 0. The lowest BCUT2D eigenvalue weighted by Crippen LogP contribution is -2.59. The van der Waals surface area contributed by atoms with E-state index in [9.17, 15) is 14.7 Å². The molecule has 0 saturated heterocycles. The van der Waals surface area contributed by atoms with E-state index in [1.54, 1.807) is 26.8 Å². The molecular weight excluding hydrogens is 304 g/mol. The Bertz CT molecular complexity index is 607. The van der Waals surface area contributed by atoms with Crippen molar-refractivity contribution in [3.8, 4) is 0 Å². The van der Waals surface area contributed by atoms with Crippen molar-refractivity contribution in [2.24, 2.45) is 11.3 Å². The molecule has 4 atom stereocenters. The molecule has 4 nitrogen and oxygen atoms in total. The van der Waals surface area contributed by atoms with Crippen molar-refractivity contribution in [3.63, 3.8) is 0 Å². The van der Waals surface area contributed by atoms with Gasteiger partial charge in [-0.15, -0.1) is 0 Å². The highest BCUT2D eigenvalue weighted by Crippen LogP contribution is 2.55. The minimum atomic E-state index is -1.14. The molecule has 0 spiro atoms. The van der Waals surface area contributed by atoms with Crippen LogP contribution in [-0.4, -0.2) is 28.6 Å². The molecule has 0 radical (unpaired) electrons. The Labute approximate surface area is 145 Å². The van der Waals surface area contributed by atoms with Crippen LogP contribution in [-0.2, 0) is 14.3 Å². The van der Waals surface area contributed by atoms with Crippen molar-refractivity contribution < 1.29 is 19.4 Å². The number of hydrogen-bond acceptors (Lipinski definition) is 4. The van der Waals surface area contributed by atoms with Gasteiger partial charge < -0.3 is 9.84 Å².